The van der Waals surface area contributed by atoms with Gasteiger partial charge < -0.3 is 22.1 Å². The molecule has 0 spiro atoms. The van der Waals surface area contributed by atoms with Crippen molar-refractivity contribution in [1.29, 1.82) is 0 Å². The van der Waals surface area contributed by atoms with E-state index in [2.05, 4.69) is 18.4 Å². The highest BCUT2D eigenvalue weighted by Gasteiger charge is 2.53. The van der Waals surface area contributed by atoms with Crippen LogP contribution in [-0.2, 0) is 15.7 Å². The Balaban J connectivity index is 0.00000392. The van der Waals surface area contributed by atoms with Gasteiger partial charge in [0.25, 0.3) is 0 Å². The first-order valence-corrected chi connectivity index (χ1v) is 11.8. The average molecular weight is 515 g/mol. The Bertz CT molecular complexity index is 840. The average Bonchev–Trinajstić information content (AvgIpc) is 2.94. The van der Waals surface area contributed by atoms with Crippen LogP contribution in [0.4, 0.5) is 0 Å². The summed E-state index contributed by atoms with van der Waals surface area (Å²) in [6, 6.07) is 4.78. The highest BCUT2D eigenvalue weighted by Crippen LogP contribution is 2.42. The molecule has 0 saturated carbocycles. The number of amidine groups is 1. The monoisotopic (exact) mass is 513 g/mol. The lowest BCUT2D eigenvalue weighted by atomic mass is 10.0. The van der Waals surface area contributed by atoms with Crippen molar-refractivity contribution >= 4 is 38.6 Å². The number of rotatable bonds is 6. The van der Waals surface area contributed by atoms with Crippen molar-refractivity contribution in [3.05, 3.63) is 28.8 Å². The summed E-state index contributed by atoms with van der Waals surface area (Å²) in [5.74, 6) is 0.417. The second-order valence-corrected chi connectivity index (χ2v) is 10.4. The molecule has 1 aliphatic heterocycles. The summed E-state index contributed by atoms with van der Waals surface area (Å²) in [5.41, 5.74) is -0.784. The number of benzene rings is 1. The van der Waals surface area contributed by atoms with Crippen molar-refractivity contribution in [2.45, 2.75) is 44.4 Å². The summed E-state index contributed by atoms with van der Waals surface area (Å²) in [5, 5.41) is 12.8. The first-order valence-electron chi connectivity index (χ1n) is 8.99. The minimum absolute atomic E-state index is 0. The molecule has 0 radical (unpaired) electrons. The summed E-state index contributed by atoms with van der Waals surface area (Å²) in [6.07, 6.45) is 0. The molecule has 160 valence electrons. The summed E-state index contributed by atoms with van der Waals surface area (Å²) in [7, 11) is -0.789. The second kappa shape index (κ2) is 9.66. The number of nitrogens with zero attached hydrogens (tertiary/aromatic N) is 3. The van der Waals surface area contributed by atoms with E-state index in [0.29, 0.717) is 11.3 Å². The van der Waals surface area contributed by atoms with E-state index < -0.39 is 15.7 Å². The van der Waals surface area contributed by atoms with Crippen LogP contribution in [0.1, 0.15) is 33.3 Å². The lowest BCUT2D eigenvalue weighted by Gasteiger charge is -2.32. The van der Waals surface area contributed by atoms with Gasteiger partial charge in [0.15, 0.2) is 0 Å². The summed E-state index contributed by atoms with van der Waals surface area (Å²) in [6.45, 7) is 9.87. The predicted molar refractivity (Wildman–Crippen MR) is 112 cm³/mol. The lowest BCUT2D eigenvalue weighted by molar-refractivity contribution is -0.523. The molecule has 2 rings (SSSR count). The number of halogens is 2. The van der Waals surface area contributed by atoms with Gasteiger partial charge >= 0.3 is 5.17 Å². The maximum atomic E-state index is 12.6. The highest BCUT2D eigenvalue weighted by atomic mass is 79.9. The van der Waals surface area contributed by atoms with Gasteiger partial charge in [0.05, 0.1) is 29.9 Å². The van der Waals surface area contributed by atoms with Crippen LogP contribution in [0.2, 0.25) is 5.02 Å². The quantitative estimate of drug-likeness (QED) is 0.524. The maximum absolute atomic E-state index is 12.6. The SMILES string of the molecule is CC[N+](CC)=C1SCC(O)(c2ccc(Cl)c(S(=O)(=O)N(C)C)c2)N1C(C)C.[Br-]. The smallest absolute Gasteiger partial charge is 0.311 e. The fraction of sp³-hybridized carbons (Fsp3) is 0.611. The molecule has 1 aromatic rings. The number of sulfonamides is 1. The molecule has 1 saturated heterocycles. The van der Waals surface area contributed by atoms with Crippen molar-refractivity contribution in [3.63, 3.8) is 0 Å². The molecule has 1 heterocycles. The highest BCUT2D eigenvalue weighted by molar-refractivity contribution is 8.13. The van der Waals surface area contributed by atoms with Crippen molar-refractivity contribution in [2.75, 3.05) is 32.9 Å². The van der Waals surface area contributed by atoms with Crippen LogP contribution in [0.3, 0.4) is 0 Å². The minimum Gasteiger partial charge on any atom is -1.00 e. The minimum atomic E-state index is -3.72. The molecule has 0 amide bonds. The van der Waals surface area contributed by atoms with Gasteiger partial charge in [-0.2, -0.15) is 0 Å². The van der Waals surface area contributed by atoms with E-state index in [0.717, 1.165) is 22.6 Å². The fourth-order valence-corrected chi connectivity index (χ4v) is 6.19. The zero-order valence-electron chi connectivity index (χ0n) is 17.1. The van der Waals surface area contributed by atoms with Crippen LogP contribution in [0.15, 0.2) is 23.1 Å². The normalized spacial score (nSPS) is 20.1. The van der Waals surface area contributed by atoms with Crippen LogP contribution in [0.25, 0.3) is 0 Å². The Morgan fingerprint density at radius 3 is 2.36 bits per heavy atom. The van der Waals surface area contributed by atoms with Crippen LogP contribution in [-0.4, -0.2) is 71.5 Å². The van der Waals surface area contributed by atoms with Crippen molar-refractivity contribution in [3.8, 4) is 0 Å². The standard InChI is InChI=1S/C18H29ClN3O3S2.BrH/c1-7-21(8-2)17-22(13(3)4)18(23,12-26-17)14-9-10-15(19)16(11-14)27(24,25)20(5)6;/h9-11,13,23H,7-8,12H2,1-6H3;1H/q+1;/p-1. The number of aliphatic hydroxyl groups is 1. The fourth-order valence-electron chi connectivity index (χ4n) is 3.22. The van der Waals surface area contributed by atoms with E-state index in [1.165, 1.54) is 20.2 Å². The van der Waals surface area contributed by atoms with Gasteiger partial charge in [0, 0.05) is 19.7 Å². The van der Waals surface area contributed by atoms with Gasteiger partial charge in [0.1, 0.15) is 4.90 Å². The Labute approximate surface area is 188 Å². The molecule has 1 atom stereocenters. The predicted octanol–water partition coefficient (Wildman–Crippen LogP) is -0.395. The van der Waals surface area contributed by atoms with Crippen LogP contribution in [0, 0.1) is 0 Å². The Hall–Kier alpha value is -0.320. The van der Waals surface area contributed by atoms with Crippen molar-refractivity contribution in [2.24, 2.45) is 0 Å². The second-order valence-electron chi connectivity index (χ2n) is 6.96. The van der Waals surface area contributed by atoms with E-state index in [9.17, 15) is 13.5 Å². The molecule has 28 heavy (non-hydrogen) atoms. The molecule has 1 N–H and O–H groups in total. The van der Waals surface area contributed by atoms with Crippen LogP contribution in [0.5, 0.6) is 0 Å². The van der Waals surface area contributed by atoms with Gasteiger partial charge in [-0.3, -0.25) is 4.58 Å². The number of thioether (sulfide) groups is 1. The summed E-state index contributed by atoms with van der Waals surface area (Å²) in [4.78, 5) is 1.98. The first kappa shape index (κ1) is 25.7. The van der Waals surface area contributed by atoms with Gasteiger partial charge in [-0.15, -0.1) is 0 Å². The van der Waals surface area contributed by atoms with Gasteiger partial charge in [0.2, 0.25) is 15.7 Å². The third-order valence-electron chi connectivity index (χ3n) is 4.71. The number of hydrogen-bond donors (Lipinski definition) is 1. The molecular weight excluding hydrogens is 486 g/mol. The zero-order valence-corrected chi connectivity index (χ0v) is 21.1. The van der Waals surface area contributed by atoms with Gasteiger partial charge in [-0.25, -0.2) is 17.6 Å². The van der Waals surface area contributed by atoms with Crippen molar-refractivity contribution in [1.82, 2.24) is 9.21 Å². The Morgan fingerprint density at radius 1 is 1.32 bits per heavy atom. The lowest BCUT2D eigenvalue weighted by Crippen LogP contribution is -3.00. The molecule has 6 nitrogen and oxygen atoms in total. The first-order chi connectivity index (χ1) is 12.5. The molecule has 1 unspecified atom stereocenters. The molecule has 1 aliphatic rings. The molecule has 1 fully saturated rings. The topological polar surface area (TPSA) is 63.9 Å². The van der Waals surface area contributed by atoms with Crippen molar-refractivity contribution < 1.29 is 35.1 Å². The molecule has 1 aromatic carbocycles. The summed E-state index contributed by atoms with van der Waals surface area (Å²) >= 11 is 7.77. The van der Waals surface area contributed by atoms with E-state index >= 15 is 0 Å². The van der Waals surface area contributed by atoms with E-state index in [1.807, 2.05) is 18.7 Å². The van der Waals surface area contributed by atoms with E-state index in [4.69, 9.17) is 11.6 Å². The largest absolute Gasteiger partial charge is 1.00 e. The van der Waals surface area contributed by atoms with E-state index in [-0.39, 0.29) is 32.9 Å². The Kier molecular flexibility index (Phi) is 8.87. The molecular formula is C18H29BrClN3O3S2. The van der Waals surface area contributed by atoms with E-state index in [1.54, 1.807) is 23.9 Å². The zero-order chi connectivity index (χ0) is 20.6. The van der Waals surface area contributed by atoms with Crippen LogP contribution >= 0.6 is 23.4 Å². The molecule has 0 aliphatic carbocycles. The summed E-state index contributed by atoms with van der Waals surface area (Å²) < 4.78 is 28.6. The van der Waals surface area contributed by atoms with Crippen LogP contribution < -0.4 is 17.0 Å². The Morgan fingerprint density at radius 2 is 1.89 bits per heavy atom. The molecule has 10 heteroatoms. The third kappa shape index (κ3) is 4.54. The van der Waals surface area contributed by atoms with Gasteiger partial charge in [-0.1, -0.05) is 17.7 Å². The number of hydrogen-bond acceptors (Lipinski definition) is 4. The van der Waals surface area contributed by atoms with Gasteiger partial charge in [-0.05, 0) is 51.6 Å². The maximum Gasteiger partial charge on any atom is 0.311 e. The third-order valence-corrected chi connectivity index (χ3v) is 8.27. The molecule has 0 bridgehead atoms. The molecule has 0 aromatic heterocycles.